The summed E-state index contributed by atoms with van der Waals surface area (Å²) in [5.41, 5.74) is 3.62. The predicted molar refractivity (Wildman–Crippen MR) is 89.6 cm³/mol. The van der Waals surface area contributed by atoms with Crippen LogP contribution in [0.2, 0.25) is 0 Å². The van der Waals surface area contributed by atoms with Gasteiger partial charge >= 0.3 is 0 Å². The van der Waals surface area contributed by atoms with Gasteiger partial charge in [-0.3, -0.25) is 4.90 Å². The van der Waals surface area contributed by atoms with Crippen LogP contribution in [0.1, 0.15) is 56.7 Å². The van der Waals surface area contributed by atoms with Crippen molar-refractivity contribution in [2.45, 2.75) is 58.0 Å². The van der Waals surface area contributed by atoms with Crippen LogP contribution in [0.3, 0.4) is 0 Å². The standard InChI is InChI=1S/C19H30N2/c1-19(2)11-13-21(14-12-19)17-10-6-8-15-7-4-5-9-16(15)18(17)20-3/h4-5,7,9,17-18,20H,6,8,10-14H2,1-3H3. The van der Waals surface area contributed by atoms with E-state index in [9.17, 15) is 0 Å². The minimum atomic E-state index is 0.491. The summed E-state index contributed by atoms with van der Waals surface area (Å²) in [6.07, 6.45) is 6.55. The van der Waals surface area contributed by atoms with E-state index in [1.807, 2.05) is 0 Å². The highest BCUT2D eigenvalue weighted by molar-refractivity contribution is 5.32. The molecule has 1 fully saturated rings. The Morgan fingerprint density at radius 2 is 1.86 bits per heavy atom. The van der Waals surface area contributed by atoms with Gasteiger partial charge in [0, 0.05) is 12.1 Å². The van der Waals surface area contributed by atoms with Crippen molar-refractivity contribution in [3.05, 3.63) is 35.4 Å². The molecule has 0 bridgehead atoms. The maximum absolute atomic E-state index is 3.63. The zero-order chi connectivity index (χ0) is 14.9. The monoisotopic (exact) mass is 286 g/mol. The average Bonchev–Trinajstić information content (AvgIpc) is 2.66. The average molecular weight is 286 g/mol. The number of nitrogens with one attached hydrogen (secondary N) is 1. The number of fused-ring (bicyclic) bond motifs is 1. The number of likely N-dealkylation sites (tertiary alicyclic amines) is 1. The van der Waals surface area contributed by atoms with Crippen molar-refractivity contribution in [3.8, 4) is 0 Å². The summed E-state index contributed by atoms with van der Waals surface area (Å²) in [4.78, 5) is 2.76. The molecule has 1 aromatic carbocycles. The highest BCUT2D eigenvalue weighted by Gasteiger charge is 2.34. The third-order valence-electron chi connectivity index (χ3n) is 5.65. The summed E-state index contributed by atoms with van der Waals surface area (Å²) in [5, 5.41) is 3.63. The van der Waals surface area contributed by atoms with Crippen molar-refractivity contribution in [2.24, 2.45) is 5.41 Å². The Hall–Kier alpha value is -0.860. The Labute approximate surface area is 129 Å². The van der Waals surface area contributed by atoms with E-state index in [0.29, 0.717) is 17.5 Å². The van der Waals surface area contributed by atoms with E-state index < -0.39 is 0 Å². The molecule has 0 amide bonds. The first kappa shape index (κ1) is 15.1. The van der Waals surface area contributed by atoms with Gasteiger partial charge in [-0.25, -0.2) is 0 Å². The molecular formula is C19H30N2. The number of piperidine rings is 1. The fourth-order valence-corrected chi connectivity index (χ4v) is 4.14. The number of benzene rings is 1. The molecule has 1 aliphatic heterocycles. The number of likely N-dealkylation sites (N-methyl/N-ethyl adjacent to an activating group) is 1. The molecule has 0 radical (unpaired) electrons. The summed E-state index contributed by atoms with van der Waals surface area (Å²) >= 11 is 0. The molecule has 1 N–H and O–H groups in total. The quantitative estimate of drug-likeness (QED) is 0.833. The summed E-state index contributed by atoms with van der Waals surface area (Å²) in [6, 6.07) is 10.2. The molecule has 21 heavy (non-hydrogen) atoms. The molecule has 1 aromatic rings. The van der Waals surface area contributed by atoms with Gasteiger partial charge in [-0.05, 0) is 68.8 Å². The van der Waals surface area contributed by atoms with Crippen molar-refractivity contribution in [3.63, 3.8) is 0 Å². The van der Waals surface area contributed by atoms with E-state index in [2.05, 4.69) is 55.4 Å². The highest BCUT2D eigenvalue weighted by atomic mass is 15.2. The van der Waals surface area contributed by atoms with E-state index in [0.717, 1.165) is 0 Å². The molecule has 1 heterocycles. The number of hydrogen-bond donors (Lipinski definition) is 1. The van der Waals surface area contributed by atoms with Crippen LogP contribution in [0, 0.1) is 5.41 Å². The normalized spacial score (nSPS) is 29.7. The van der Waals surface area contributed by atoms with E-state index >= 15 is 0 Å². The largest absolute Gasteiger partial charge is 0.312 e. The second kappa shape index (κ2) is 6.10. The molecule has 3 rings (SSSR count). The lowest BCUT2D eigenvalue weighted by atomic mass is 9.81. The SMILES string of the molecule is CNC1c2ccccc2CCCC1N1CCC(C)(C)CC1. The van der Waals surface area contributed by atoms with Gasteiger partial charge in [0.25, 0.3) is 0 Å². The van der Waals surface area contributed by atoms with Gasteiger partial charge in [0.2, 0.25) is 0 Å². The number of aryl methyl sites for hydroxylation is 1. The molecule has 2 atom stereocenters. The molecule has 1 saturated heterocycles. The molecule has 1 aliphatic carbocycles. The zero-order valence-corrected chi connectivity index (χ0v) is 13.9. The van der Waals surface area contributed by atoms with Crippen LogP contribution in [0.25, 0.3) is 0 Å². The minimum absolute atomic E-state index is 0.491. The van der Waals surface area contributed by atoms with E-state index in [1.54, 1.807) is 5.56 Å². The van der Waals surface area contributed by atoms with Gasteiger partial charge in [-0.15, -0.1) is 0 Å². The number of rotatable bonds is 2. The Morgan fingerprint density at radius 1 is 1.14 bits per heavy atom. The topological polar surface area (TPSA) is 15.3 Å². The van der Waals surface area contributed by atoms with Gasteiger partial charge in [0.05, 0.1) is 0 Å². The van der Waals surface area contributed by atoms with Crippen LogP contribution in [0.4, 0.5) is 0 Å². The minimum Gasteiger partial charge on any atom is -0.312 e. The molecule has 2 nitrogen and oxygen atoms in total. The number of hydrogen-bond acceptors (Lipinski definition) is 2. The zero-order valence-electron chi connectivity index (χ0n) is 13.9. The van der Waals surface area contributed by atoms with Crippen molar-refractivity contribution < 1.29 is 0 Å². The third-order valence-corrected chi connectivity index (χ3v) is 5.65. The van der Waals surface area contributed by atoms with Crippen LogP contribution in [0.15, 0.2) is 24.3 Å². The molecule has 2 aliphatic rings. The van der Waals surface area contributed by atoms with E-state index in [-0.39, 0.29) is 0 Å². The summed E-state index contributed by atoms with van der Waals surface area (Å²) < 4.78 is 0. The molecular weight excluding hydrogens is 256 g/mol. The maximum atomic E-state index is 3.63. The van der Waals surface area contributed by atoms with Gasteiger partial charge in [0.15, 0.2) is 0 Å². The second-order valence-electron chi connectivity index (χ2n) is 7.62. The molecule has 0 spiro atoms. The van der Waals surface area contributed by atoms with E-state index in [4.69, 9.17) is 0 Å². The molecule has 0 aromatic heterocycles. The molecule has 116 valence electrons. The lowest BCUT2D eigenvalue weighted by molar-refractivity contribution is 0.0727. The van der Waals surface area contributed by atoms with E-state index in [1.165, 1.54) is 50.8 Å². The maximum Gasteiger partial charge on any atom is 0.0478 e. The lowest BCUT2D eigenvalue weighted by Crippen LogP contribution is -2.48. The molecule has 0 saturated carbocycles. The van der Waals surface area contributed by atoms with Crippen LogP contribution >= 0.6 is 0 Å². The number of nitrogens with zero attached hydrogens (tertiary/aromatic N) is 1. The summed E-state index contributed by atoms with van der Waals surface area (Å²) in [5.74, 6) is 0. The van der Waals surface area contributed by atoms with Crippen molar-refractivity contribution in [1.82, 2.24) is 10.2 Å². The fourth-order valence-electron chi connectivity index (χ4n) is 4.14. The summed E-state index contributed by atoms with van der Waals surface area (Å²) in [7, 11) is 2.13. The van der Waals surface area contributed by atoms with Gasteiger partial charge < -0.3 is 5.32 Å². The van der Waals surface area contributed by atoms with Crippen molar-refractivity contribution >= 4 is 0 Å². The Bertz CT molecular complexity index is 470. The summed E-state index contributed by atoms with van der Waals surface area (Å²) in [6.45, 7) is 7.36. The Kier molecular flexibility index (Phi) is 4.37. The van der Waals surface area contributed by atoms with Crippen LogP contribution in [-0.2, 0) is 6.42 Å². The second-order valence-corrected chi connectivity index (χ2v) is 7.62. The first-order valence-electron chi connectivity index (χ1n) is 8.60. The molecule has 2 unspecified atom stereocenters. The van der Waals surface area contributed by atoms with Crippen molar-refractivity contribution in [1.29, 1.82) is 0 Å². The van der Waals surface area contributed by atoms with Gasteiger partial charge in [-0.1, -0.05) is 38.1 Å². The molecule has 2 heteroatoms. The Morgan fingerprint density at radius 3 is 2.57 bits per heavy atom. The van der Waals surface area contributed by atoms with Crippen molar-refractivity contribution in [2.75, 3.05) is 20.1 Å². The highest BCUT2D eigenvalue weighted by Crippen LogP contribution is 2.36. The predicted octanol–water partition coefficient (Wildman–Crippen LogP) is 3.77. The lowest BCUT2D eigenvalue weighted by Gasteiger charge is -2.43. The van der Waals surface area contributed by atoms with Gasteiger partial charge in [0.1, 0.15) is 0 Å². The smallest absolute Gasteiger partial charge is 0.0478 e. The van der Waals surface area contributed by atoms with Gasteiger partial charge in [-0.2, -0.15) is 0 Å². The van der Waals surface area contributed by atoms with Crippen LogP contribution < -0.4 is 5.32 Å². The first-order chi connectivity index (χ1) is 10.1. The Balaban J connectivity index is 1.82. The van der Waals surface area contributed by atoms with Crippen LogP contribution in [0.5, 0.6) is 0 Å². The first-order valence-corrected chi connectivity index (χ1v) is 8.60. The fraction of sp³-hybridized carbons (Fsp3) is 0.684. The third kappa shape index (κ3) is 3.17. The van der Waals surface area contributed by atoms with Crippen LogP contribution in [-0.4, -0.2) is 31.1 Å².